The number of ether oxygens (including phenoxy) is 13. The van der Waals surface area contributed by atoms with Crippen LogP contribution in [0.4, 0.5) is 0 Å². The molecule has 2 heterocycles. The molecule has 2 aliphatic heterocycles. The number of nitrogens with zero attached hydrogens (tertiary/aromatic N) is 2. The van der Waals surface area contributed by atoms with Gasteiger partial charge in [0.1, 0.15) is 6.61 Å². The molecule has 7 rings (SSSR count). The maximum atomic E-state index is 14.0. The third-order valence-electron chi connectivity index (χ3n) is 12.3. The monoisotopic (exact) mass is 1060 g/mol. The lowest BCUT2D eigenvalue weighted by atomic mass is 9.82. The Bertz CT molecular complexity index is 2580. The fourth-order valence-corrected chi connectivity index (χ4v) is 8.80. The van der Waals surface area contributed by atoms with Gasteiger partial charge >= 0.3 is 5.97 Å². The van der Waals surface area contributed by atoms with Gasteiger partial charge in [0, 0.05) is 33.0 Å². The average molecular weight is 1060 g/mol. The van der Waals surface area contributed by atoms with E-state index >= 15 is 0 Å². The zero-order valence-corrected chi connectivity index (χ0v) is 42.6. The summed E-state index contributed by atoms with van der Waals surface area (Å²) in [7, 11) is 0. The van der Waals surface area contributed by atoms with Gasteiger partial charge in [0.2, 0.25) is 0 Å². The van der Waals surface area contributed by atoms with Crippen molar-refractivity contribution >= 4 is 79.2 Å². The van der Waals surface area contributed by atoms with E-state index in [0.717, 1.165) is 32.3 Å². The largest absolute Gasteiger partial charge is 0.481 e. The molecule has 412 valence electrons. The molecule has 22 nitrogen and oxygen atoms in total. The van der Waals surface area contributed by atoms with E-state index in [1.54, 1.807) is 24.3 Å². The van der Waals surface area contributed by atoms with Crippen LogP contribution in [0.3, 0.4) is 0 Å². The number of rotatable bonds is 43. The molecule has 4 amide bonds. The minimum Gasteiger partial charge on any atom is -0.481 e. The van der Waals surface area contributed by atoms with Crippen LogP contribution in [-0.4, -0.2) is 229 Å². The summed E-state index contributed by atoms with van der Waals surface area (Å²) in [5.74, 6) is -2.56. The second-order valence-corrected chi connectivity index (χ2v) is 17.1. The predicted octanol–water partition coefficient (Wildman–Crippen LogP) is 3.78. The molecule has 0 saturated carbocycles. The Kier molecular flexibility index (Phi) is 23.9. The minimum atomic E-state index is -0.901. The first-order valence-corrected chi connectivity index (χ1v) is 25.5. The number of benzene rings is 5. The van der Waals surface area contributed by atoms with Crippen LogP contribution in [0.15, 0.2) is 48.5 Å². The van der Waals surface area contributed by atoms with Crippen molar-refractivity contribution in [2.45, 2.75) is 6.42 Å². The molecule has 5 aromatic rings. The van der Waals surface area contributed by atoms with E-state index in [9.17, 15) is 28.8 Å². The Morgan fingerprint density at radius 2 is 0.579 bits per heavy atom. The van der Waals surface area contributed by atoms with Crippen LogP contribution in [-0.2, 0) is 71.2 Å². The third kappa shape index (κ3) is 15.6. The van der Waals surface area contributed by atoms with Crippen molar-refractivity contribution in [1.82, 2.24) is 9.80 Å². The number of carboxylic acids is 1. The number of fused-ring (bicyclic) bond motifs is 2. The first kappa shape index (κ1) is 57.8. The number of carbonyl (C=O) groups excluding carboxylic acids is 5. The van der Waals surface area contributed by atoms with Gasteiger partial charge < -0.3 is 66.7 Å². The van der Waals surface area contributed by atoms with Crippen LogP contribution in [0.5, 0.6) is 0 Å². The topological polar surface area (TPSA) is 249 Å². The second-order valence-electron chi connectivity index (χ2n) is 17.1. The summed E-state index contributed by atoms with van der Waals surface area (Å²) in [4.78, 5) is 78.8. The van der Waals surface area contributed by atoms with Gasteiger partial charge in [-0.05, 0) is 56.6 Å². The highest BCUT2D eigenvalue weighted by Gasteiger charge is 2.37. The zero-order chi connectivity index (χ0) is 53.3. The highest BCUT2D eigenvalue weighted by atomic mass is 16.6. The lowest BCUT2D eigenvalue weighted by molar-refractivity contribution is -0.138. The molecule has 76 heavy (non-hydrogen) atoms. The van der Waals surface area contributed by atoms with Gasteiger partial charge in [-0.3, -0.25) is 38.6 Å². The van der Waals surface area contributed by atoms with Gasteiger partial charge in [-0.2, -0.15) is 0 Å². The number of aliphatic carboxylic acids is 1. The molecule has 5 aromatic carbocycles. The maximum absolute atomic E-state index is 14.0. The van der Waals surface area contributed by atoms with E-state index in [4.69, 9.17) is 61.9 Å². The van der Waals surface area contributed by atoms with E-state index in [1.807, 2.05) is 24.3 Å². The van der Waals surface area contributed by atoms with Crippen LogP contribution >= 0.6 is 0 Å². The molecule has 0 unspecified atom stereocenters. The SMILES string of the molecule is O=COCCOCCOCCOCCOCCOCCOCCN1C(=O)c2ccc3c4ccc5c6c(ccc(c7ccc(c2c37)C1=O)c64)C(=O)N(CCOCCOCCOCCOCCOCCOCCC(=O)O)C5=O. The summed E-state index contributed by atoms with van der Waals surface area (Å²) >= 11 is 0. The highest BCUT2D eigenvalue weighted by Crippen LogP contribution is 2.46. The van der Waals surface area contributed by atoms with Crippen LogP contribution in [0.2, 0.25) is 0 Å². The molecule has 0 atom stereocenters. The van der Waals surface area contributed by atoms with Crippen molar-refractivity contribution in [1.29, 1.82) is 0 Å². The molecule has 0 spiro atoms. The Balaban J connectivity index is 0.799. The molecule has 0 bridgehead atoms. The molecular weight excluding hydrogens is 997 g/mol. The smallest absolute Gasteiger partial charge is 0.305 e. The molecule has 22 heteroatoms. The Hall–Kier alpha value is -5.86. The highest BCUT2D eigenvalue weighted by molar-refractivity contribution is 6.41. The Labute approximate surface area is 438 Å². The molecule has 1 N–H and O–H groups in total. The molecule has 0 fully saturated rings. The van der Waals surface area contributed by atoms with E-state index in [2.05, 4.69) is 4.74 Å². The molecule has 0 saturated heterocycles. The average Bonchev–Trinajstić information content (AvgIpc) is 3.46. The number of carboxylic acid groups (broad SMARTS) is 1. The Morgan fingerprint density at radius 3 is 0.829 bits per heavy atom. The summed E-state index contributed by atoms with van der Waals surface area (Å²) < 4.78 is 70.3. The summed E-state index contributed by atoms with van der Waals surface area (Å²) in [5.41, 5.74) is 1.63. The zero-order valence-electron chi connectivity index (χ0n) is 42.6. The van der Waals surface area contributed by atoms with E-state index in [1.165, 1.54) is 9.80 Å². The molecule has 0 aromatic heterocycles. The third-order valence-corrected chi connectivity index (χ3v) is 12.3. The molecular formula is C54H66N2O20. The van der Waals surface area contributed by atoms with Gasteiger partial charge in [0.25, 0.3) is 30.1 Å². The van der Waals surface area contributed by atoms with Crippen LogP contribution in [0.1, 0.15) is 47.9 Å². The normalized spacial score (nSPS) is 13.5. The van der Waals surface area contributed by atoms with Crippen LogP contribution in [0, 0.1) is 0 Å². The minimum absolute atomic E-state index is 0.0368. The Morgan fingerprint density at radius 1 is 0.342 bits per heavy atom. The van der Waals surface area contributed by atoms with Crippen molar-refractivity contribution < 1.29 is 95.5 Å². The standard InChI is InChI=1S/C54H66N2O20/c57-37-76-36-35-75-34-33-74-32-31-73-30-29-72-26-23-69-20-17-66-14-11-56-53(62)44-7-3-40-38-1-5-42-49-43(6-2-39(47(38)49)41-4-8-45(54(56)63)50(44)48(40)41)52(61)55(51(42)60)10-13-65-16-19-68-22-25-71-28-27-70-24-21-67-18-15-64-12-9-46(58)59/h1-8,37H,9-36H2,(H,58,59). The number of imide groups is 2. The summed E-state index contributed by atoms with van der Waals surface area (Å²) in [6.45, 7) is 8.77. The van der Waals surface area contributed by atoms with Crippen molar-refractivity contribution in [3.8, 4) is 0 Å². The lowest BCUT2D eigenvalue weighted by Gasteiger charge is -2.30. The predicted molar refractivity (Wildman–Crippen MR) is 272 cm³/mol. The fourth-order valence-electron chi connectivity index (χ4n) is 8.80. The van der Waals surface area contributed by atoms with E-state index in [0.29, 0.717) is 165 Å². The van der Waals surface area contributed by atoms with Crippen molar-refractivity contribution in [2.24, 2.45) is 0 Å². The van der Waals surface area contributed by atoms with E-state index < -0.39 is 29.6 Å². The van der Waals surface area contributed by atoms with E-state index in [-0.39, 0.29) is 59.2 Å². The van der Waals surface area contributed by atoms with Crippen LogP contribution < -0.4 is 0 Å². The van der Waals surface area contributed by atoms with Crippen molar-refractivity contribution in [2.75, 3.05) is 178 Å². The first-order valence-electron chi connectivity index (χ1n) is 25.5. The lowest BCUT2D eigenvalue weighted by Crippen LogP contribution is -2.42. The number of carbonyl (C=O) groups is 6. The van der Waals surface area contributed by atoms with Gasteiger partial charge in [0.05, 0.1) is 178 Å². The van der Waals surface area contributed by atoms with Crippen molar-refractivity contribution in [3.05, 3.63) is 70.8 Å². The van der Waals surface area contributed by atoms with Gasteiger partial charge in [-0.15, -0.1) is 0 Å². The maximum Gasteiger partial charge on any atom is 0.305 e. The molecule has 0 aliphatic carbocycles. The summed E-state index contributed by atoms with van der Waals surface area (Å²) in [5, 5.41) is 14.5. The summed E-state index contributed by atoms with van der Waals surface area (Å²) in [6, 6.07) is 14.5. The fraction of sp³-hybridized carbons (Fsp3) is 0.519. The number of hydrogen-bond donors (Lipinski definition) is 1. The molecule has 0 radical (unpaired) electrons. The van der Waals surface area contributed by atoms with Gasteiger partial charge in [0.15, 0.2) is 0 Å². The number of hydrogen-bond acceptors (Lipinski definition) is 19. The number of amides is 4. The first-order chi connectivity index (χ1) is 37.3. The van der Waals surface area contributed by atoms with Gasteiger partial charge in [-0.1, -0.05) is 24.3 Å². The quantitative estimate of drug-likeness (QED) is 0.0192. The molecule has 2 aliphatic rings. The van der Waals surface area contributed by atoms with Crippen molar-refractivity contribution in [3.63, 3.8) is 0 Å². The van der Waals surface area contributed by atoms with Crippen LogP contribution in [0.25, 0.3) is 43.1 Å². The van der Waals surface area contributed by atoms with Gasteiger partial charge in [-0.25, -0.2) is 0 Å². The second kappa shape index (κ2) is 31.4. The summed E-state index contributed by atoms with van der Waals surface area (Å²) in [6.07, 6.45) is -0.0368.